The first-order valence-electron chi connectivity index (χ1n) is 4.01. The van der Waals surface area contributed by atoms with Crippen molar-refractivity contribution >= 4 is 11.7 Å². The van der Waals surface area contributed by atoms with Crippen molar-refractivity contribution in [1.29, 1.82) is 0 Å². The molecule has 0 N–H and O–H groups in total. The van der Waals surface area contributed by atoms with E-state index in [2.05, 4.69) is 22.6 Å². The molecular formula is C8H16N2S. The molecule has 0 saturated heterocycles. The molecule has 0 amide bonds. The minimum absolute atomic E-state index is 0.517. The van der Waals surface area contributed by atoms with E-state index >= 15 is 0 Å². The third-order valence-electron chi connectivity index (χ3n) is 1.23. The van der Waals surface area contributed by atoms with Crippen molar-refractivity contribution in [3.05, 3.63) is 11.4 Å². The molecule has 1 rings (SSSR count). The smallest absolute Gasteiger partial charge is 0.0797 e. The van der Waals surface area contributed by atoms with Gasteiger partial charge < -0.3 is 0 Å². The summed E-state index contributed by atoms with van der Waals surface area (Å²) >= 11 is 1.29. The molecule has 0 spiro atoms. The average molecular weight is 172 g/mol. The molecule has 0 aliphatic carbocycles. The zero-order valence-electron chi connectivity index (χ0n) is 7.88. The summed E-state index contributed by atoms with van der Waals surface area (Å²) in [5.74, 6) is 0.517. The number of hydrogen-bond donors (Lipinski definition) is 0. The van der Waals surface area contributed by atoms with Crippen molar-refractivity contribution in [2.45, 2.75) is 40.5 Å². The Hall–Kier alpha value is -0.440. The van der Waals surface area contributed by atoms with Gasteiger partial charge >= 0.3 is 0 Å². The van der Waals surface area contributed by atoms with E-state index in [1.165, 1.54) is 11.7 Å². The molecule has 0 unspecified atom stereocenters. The summed E-state index contributed by atoms with van der Waals surface area (Å²) in [7, 11) is 0. The number of aromatic nitrogens is 2. The van der Waals surface area contributed by atoms with Crippen LogP contribution in [-0.4, -0.2) is 8.75 Å². The first-order chi connectivity index (χ1) is 5.22. The van der Waals surface area contributed by atoms with Crippen molar-refractivity contribution in [2.75, 3.05) is 0 Å². The van der Waals surface area contributed by atoms with E-state index < -0.39 is 0 Å². The lowest BCUT2D eigenvalue weighted by molar-refractivity contribution is 0.826. The topological polar surface area (TPSA) is 25.8 Å². The van der Waals surface area contributed by atoms with Crippen LogP contribution in [0, 0.1) is 6.92 Å². The van der Waals surface area contributed by atoms with E-state index in [4.69, 9.17) is 0 Å². The maximum atomic E-state index is 4.15. The summed E-state index contributed by atoms with van der Waals surface area (Å²) in [6, 6.07) is 0. The fraction of sp³-hybridized carbons (Fsp3) is 0.750. The number of nitrogens with zero attached hydrogens (tertiary/aromatic N) is 2. The molecule has 64 valence electrons. The van der Waals surface area contributed by atoms with E-state index in [-0.39, 0.29) is 0 Å². The highest BCUT2D eigenvalue weighted by atomic mass is 32.1. The molecule has 2 nitrogen and oxygen atoms in total. The summed E-state index contributed by atoms with van der Waals surface area (Å²) in [5.41, 5.74) is 2.22. The SMILES string of the molecule is CC.Cc1nsnc1C(C)C. The van der Waals surface area contributed by atoms with Crippen molar-refractivity contribution in [3.8, 4) is 0 Å². The van der Waals surface area contributed by atoms with Crippen LogP contribution in [0.3, 0.4) is 0 Å². The van der Waals surface area contributed by atoms with E-state index in [0.29, 0.717) is 5.92 Å². The van der Waals surface area contributed by atoms with E-state index in [9.17, 15) is 0 Å². The Labute approximate surface area is 73.0 Å². The minimum Gasteiger partial charge on any atom is -0.178 e. The van der Waals surface area contributed by atoms with Crippen LogP contribution in [-0.2, 0) is 0 Å². The monoisotopic (exact) mass is 172 g/mol. The van der Waals surface area contributed by atoms with E-state index in [1.807, 2.05) is 20.8 Å². The van der Waals surface area contributed by atoms with Crippen molar-refractivity contribution in [2.24, 2.45) is 0 Å². The number of aryl methyl sites for hydroxylation is 1. The summed E-state index contributed by atoms with van der Waals surface area (Å²) in [4.78, 5) is 0. The molecule has 0 aliphatic rings. The maximum Gasteiger partial charge on any atom is 0.0797 e. The van der Waals surface area contributed by atoms with E-state index in [1.54, 1.807) is 0 Å². The van der Waals surface area contributed by atoms with Gasteiger partial charge in [0.1, 0.15) is 0 Å². The lowest BCUT2D eigenvalue weighted by Crippen LogP contribution is -1.89. The highest BCUT2D eigenvalue weighted by Gasteiger charge is 2.05. The quantitative estimate of drug-likeness (QED) is 0.650. The zero-order valence-corrected chi connectivity index (χ0v) is 8.70. The van der Waals surface area contributed by atoms with Gasteiger partial charge in [0.2, 0.25) is 0 Å². The van der Waals surface area contributed by atoms with Crippen molar-refractivity contribution in [3.63, 3.8) is 0 Å². The second-order valence-electron chi connectivity index (χ2n) is 2.39. The molecule has 3 heteroatoms. The van der Waals surface area contributed by atoms with Crippen LogP contribution in [0.5, 0.6) is 0 Å². The third kappa shape index (κ3) is 2.97. The van der Waals surface area contributed by atoms with Gasteiger partial charge in [-0.2, -0.15) is 8.75 Å². The molecule has 0 fully saturated rings. The fourth-order valence-electron chi connectivity index (χ4n) is 0.762. The van der Waals surface area contributed by atoms with Gasteiger partial charge in [-0.3, -0.25) is 0 Å². The van der Waals surface area contributed by atoms with Crippen LogP contribution >= 0.6 is 11.7 Å². The maximum absolute atomic E-state index is 4.15. The van der Waals surface area contributed by atoms with Gasteiger partial charge in [0.05, 0.1) is 23.1 Å². The van der Waals surface area contributed by atoms with Crippen LogP contribution in [0.2, 0.25) is 0 Å². The molecule has 0 saturated carbocycles. The second kappa shape index (κ2) is 5.24. The van der Waals surface area contributed by atoms with Crippen LogP contribution in [0.4, 0.5) is 0 Å². The Bertz CT molecular complexity index is 194. The largest absolute Gasteiger partial charge is 0.178 e. The molecule has 11 heavy (non-hydrogen) atoms. The normalized spacial score (nSPS) is 9.27. The predicted molar refractivity (Wildman–Crippen MR) is 50.1 cm³/mol. The van der Waals surface area contributed by atoms with Gasteiger partial charge in [0.25, 0.3) is 0 Å². The summed E-state index contributed by atoms with van der Waals surface area (Å²) in [5, 5.41) is 0. The summed E-state index contributed by atoms with van der Waals surface area (Å²) in [6.45, 7) is 10.3. The first kappa shape index (κ1) is 10.6. The van der Waals surface area contributed by atoms with Gasteiger partial charge in [-0.05, 0) is 12.8 Å². The van der Waals surface area contributed by atoms with Gasteiger partial charge in [-0.15, -0.1) is 0 Å². The molecule has 0 atom stereocenters. The van der Waals surface area contributed by atoms with Crippen molar-refractivity contribution in [1.82, 2.24) is 8.75 Å². The lowest BCUT2D eigenvalue weighted by Gasteiger charge is -1.97. The number of rotatable bonds is 1. The highest BCUT2D eigenvalue weighted by molar-refractivity contribution is 6.99. The second-order valence-corrected chi connectivity index (χ2v) is 2.92. The standard InChI is InChI=1S/C6H10N2S.C2H6/c1-4(2)6-5(3)7-9-8-6;1-2/h4H,1-3H3;1-2H3. The Morgan fingerprint density at radius 2 is 1.73 bits per heavy atom. The van der Waals surface area contributed by atoms with E-state index in [0.717, 1.165) is 11.4 Å². The molecule has 0 aliphatic heterocycles. The third-order valence-corrected chi connectivity index (χ3v) is 1.87. The lowest BCUT2D eigenvalue weighted by atomic mass is 10.1. The summed E-state index contributed by atoms with van der Waals surface area (Å²) in [6.07, 6.45) is 0. The predicted octanol–water partition coefficient (Wildman–Crippen LogP) is 3.00. The Morgan fingerprint density at radius 1 is 1.18 bits per heavy atom. The number of hydrogen-bond acceptors (Lipinski definition) is 3. The van der Waals surface area contributed by atoms with Crippen molar-refractivity contribution < 1.29 is 0 Å². The minimum atomic E-state index is 0.517. The summed E-state index contributed by atoms with van der Waals surface area (Å²) < 4.78 is 8.21. The average Bonchev–Trinajstić information content (AvgIpc) is 2.39. The van der Waals surface area contributed by atoms with Crippen LogP contribution < -0.4 is 0 Å². The molecule has 0 radical (unpaired) electrons. The molecule has 1 aromatic heterocycles. The van der Waals surface area contributed by atoms with Crippen LogP contribution in [0.15, 0.2) is 0 Å². The molecule has 0 bridgehead atoms. The van der Waals surface area contributed by atoms with Gasteiger partial charge in [-0.1, -0.05) is 27.7 Å². The first-order valence-corrected chi connectivity index (χ1v) is 4.74. The van der Waals surface area contributed by atoms with Crippen LogP contribution in [0.1, 0.15) is 45.0 Å². The van der Waals surface area contributed by atoms with Gasteiger partial charge in [-0.25, -0.2) is 0 Å². The Balaban J connectivity index is 0.000000461. The highest BCUT2D eigenvalue weighted by Crippen LogP contribution is 2.15. The Morgan fingerprint density at radius 3 is 1.91 bits per heavy atom. The van der Waals surface area contributed by atoms with Gasteiger partial charge in [0.15, 0.2) is 0 Å². The molecule has 1 aromatic rings. The van der Waals surface area contributed by atoms with Gasteiger partial charge in [0, 0.05) is 0 Å². The molecular weight excluding hydrogens is 156 g/mol. The fourth-order valence-corrected chi connectivity index (χ4v) is 1.45. The zero-order chi connectivity index (χ0) is 8.85. The molecule has 0 aromatic carbocycles. The molecule has 1 heterocycles. The Kier molecular flexibility index (Phi) is 5.03. The van der Waals surface area contributed by atoms with Crippen LogP contribution in [0.25, 0.3) is 0 Å².